The molecule has 1 aromatic carbocycles. The molecule has 1 aliphatic carbocycles. The van der Waals surface area contributed by atoms with Crippen LogP contribution in [0.5, 0.6) is 0 Å². The van der Waals surface area contributed by atoms with Crippen LogP contribution in [0.15, 0.2) is 18.2 Å². The van der Waals surface area contributed by atoms with Crippen LogP contribution in [0.25, 0.3) is 0 Å². The highest BCUT2D eigenvalue weighted by molar-refractivity contribution is 5.54. The molecule has 0 spiro atoms. The first-order chi connectivity index (χ1) is 9.10. The number of halogens is 1. The largest absolute Gasteiger partial charge is 0.371 e. The molecule has 0 aromatic heterocycles. The molecule has 0 bridgehead atoms. The molecule has 1 unspecified atom stereocenters. The van der Waals surface area contributed by atoms with Crippen LogP contribution in [0.2, 0.25) is 0 Å². The van der Waals surface area contributed by atoms with Crippen molar-refractivity contribution in [1.29, 1.82) is 0 Å². The van der Waals surface area contributed by atoms with E-state index in [1.165, 1.54) is 18.5 Å². The number of hydrogen-bond acceptors (Lipinski definition) is 2. The lowest BCUT2D eigenvalue weighted by Gasteiger charge is -2.27. The van der Waals surface area contributed by atoms with Crippen molar-refractivity contribution in [3.63, 3.8) is 0 Å². The van der Waals surface area contributed by atoms with E-state index in [2.05, 4.69) is 11.8 Å². The quantitative estimate of drug-likeness (QED) is 0.818. The predicted octanol–water partition coefficient (Wildman–Crippen LogP) is 3.34. The van der Waals surface area contributed by atoms with Gasteiger partial charge in [0.05, 0.1) is 0 Å². The smallest absolute Gasteiger partial charge is 0.123 e. The molecule has 19 heavy (non-hydrogen) atoms. The van der Waals surface area contributed by atoms with Gasteiger partial charge in [0.25, 0.3) is 0 Å². The van der Waals surface area contributed by atoms with E-state index in [1.54, 1.807) is 12.1 Å². The predicted molar refractivity (Wildman–Crippen MR) is 79.0 cm³/mol. The van der Waals surface area contributed by atoms with Crippen LogP contribution in [0.4, 0.5) is 10.1 Å². The second-order valence-corrected chi connectivity index (χ2v) is 5.84. The maximum Gasteiger partial charge on any atom is 0.123 e. The zero-order chi connectivity index (χ0) is 13.8. The van der Waals surface area contributed by atoms with E-state index in [4.69, 9.17) is 5.73 Å². The topological polar surface area (TPSA) is 29.3 Å². The molecule has 2 nitrogen and oxygen atoms in total. The summed E-state index contributed by atoms with van der Waals surface area (Å²) in [6.45, 7) is 6.30. The van der Waals surface area contributed by atoms with Gasteiger partial charge in [0.15, 0.2) is 0 Å². The van der Waals surface area contributed by atoms with Gasteiger partial charge >= 0.3 is 0 Å². The van der Waals surface area contributed by atoms with E-state index in [1.807, 2.05) is 13.0 Å². The average Bonchev–Trinajstić information content (AvgIpc) is 3.12. The van der Waals surface area contributed by atoms with Crippen LogP contribution in [-0.2, 0) is 6.42 Å². The van der Waals surface area contributed by atoms with Crippen LogP contribution in [0.3, 0.4) is 0 Å². The Morgan fingerprint density at radius 1 is 1.42 bits per heavy atom. The van der Waals surface area contributed by atoms with Crippen LogP contribution >= 0.6 is 0 Å². The zero-order valence-corrected chi connectivity index (χ0v) is 12.0. The summed E-state index contributed by atoms with van der Waals surface area (Å²) in [7, 11) is 0. The van der Waals surface area contributed by atoms with Crippen molar-refractivity contribution in [2.45, 2.75) is 45.6 Å². The first-order valence-corrected chi connectivity index (χ1v) is 7.39. The van der Waals surface area contributed by atoms with Crippen LogP contribution in [0, 0.1) is 11.7 Å². The molecule has 0 aliphatic heterocycles. The molecule has 2 N–H and O–H groups in total. The van der Waals surface area contributed by atoms with Crippen LogP contribution < -0.4 is 10.6 Å². The number of hydrogen-bond donors (Lipinski definition) is 1. The highest BCUT2D eigenvalue weighted by Gasteiger charge is 2.25. The minimum Gasteiger partial charge on any atom is -0.371 e. The summed E-state index contributed by atoms with van der Waals surface area (Å²) in [5.41, 5.74) is 8.11. The molecule has 1 saturated carbocycles. The van der Waals surface area contributed by atoms with Gasteiger partial charge in [0.2, 0.25) is 0 Å². The lowest BCUT2D eigenvalue weighted by Crippen LogP contribution is -2.29. The van der Waals surface area contributed by atoms with Crippen LogP contribution in [-0.4, -0.2) is 19.1 Å². The Morgan fingerprint density at radius 3 is 2.74 bits per heavy atom. The van der Waals surface area contributed by atoms with Gasteiger partial charge in [0, 0.05) is 24.8 Å². The van der Waals surface area contributed by atoms with E-state index in [0.717, 1.165) is 37.4 Å². The Bertz CT molecular complexity index is 413. The van der Waals surface area contributed by atoms with Gasteiger partial charge in [-0.25, -0.2) is 4.39 Å². The van der Waals surface area contributed by atoms with Crippen molar-refractivity contribution in [2.24, 2.45) is 11.7 Å². The van der Waals surface area contributed by atoms with Gasteiger partial charge in [-0.05, 0) is 62.3 Å². The number of nitrogens with zero attached hydrogens (tertiary/aromatic N) is 1. The summed E-state index contributed by atoms with van der Waals surface area (Å²) in [5, 5.41) is 0. The number of benzene rings is 1. The molecule has 106 valence electrons. The van der Waals surface area contributed by atoms with E-state index >= 15 is 0 Å². The maximum absolute atomic E-state index is 13.5. The first kappa shape index (κ1) is 14.3. The molecule has 0 amide bonds. The minimum absolute atomic E-state index is 0.0601. The fraction of sp³-hybridized carbons (Fsp3) is 0.625. The molecule has 0 heterocycles. The van der Waals surface area contributed by atoms with Crippen molar-refractivity contribution in [3.05, 3.63) is 29.6 Å². The Kier molecular flexibility index (Phi) is 4.81. The normalized spacial score (nSPS) is 16.4. The van der Waals surface area contributed by atoms with Crippen LogP contribution in [0.1, 0.15) is 38.7 Å². The number of rotatable bonds is 7. The van der Waals surface area contributed by atoms with Crippen molar-refractivity contribution in [1.82, 2.24) is 0 Å². The average molecular weight is 264 g/mol. The SMILES string of the molecule is CCCN(CC1CC1)c1ccc(F)cc1CC(C)N. The van der Waals surface area contributed by atoms with Crippen molar-refractivity contribution >= 4 is 5.69 Å². The molecule has 1 aromatic rings. The molecular formula is C16H25FN2. The fourth-order valence-electron chi connectivity index (χ4n) is 2.57. The lowest BCUT2D eigenvalue weighted by atomic mass is 10.0. The molecular weight excluding hydrogens is 239 g/mol. The van der Waals surface area contributed by atoms with Gasteiger partial charge in [-0.1, -0.05) is 6.92 Å². The number of anilines is 1. The van der Waals surface area contributed by atoms with Gasteiger partial charge in [-0.2, -0.15) is 0 Å². The Morgan fingerprint density at radius 2 is 2.16 bits per heavy atom. The van der Waals surface area contributed by atoms with E-state index in [0.29, 0.717) is 0 Å². The molecule has 1 aliphatic rings. The second kappa shape index (κ2) is 6.38. The highest BCUT2D eigenvalue weighted by Crippen LogP contribution is 2.33. The Labute approximate surface area is 115 Å². The van der Waals surface area contributed by atoms with Crippen molar-refractivity contribution in [3.8, 4) is 0 Å². The third-order valence-electron chi connectivity index (χ3n) is 3.59. The second-order valence-electron chi connectivity index (χ2n) is 5.84. The Balaban J connectivity index is 2.22. The van der Waals surface area contributed by atoms with Gasteiger partial charge in [-0.15, -0.1) is 0 Å². The molecule has 1 atom stereocenters. The summed E-state index contributed by atoms with van der Waals surface area (Å²) in [6.07, 6.45) is 4.52. The van der Waals surface area contributed by atoms with Crippen molar-refractivity contribution in [2.75, 3.05) is 18.0 Å². The van der Waals surface area contributed by atoms with Gasteiger partial charge in [-0.3, -0.25) is 0 Å². The minimum atomic E-state index is -0.165. The van der Waals surface area contributed by atoms with E-state index in [9.17, 15) is 4.39 Å². The monoisotopic (exact) mass is 264 g/mol. The summed E-state index contributed by atoms with van der Waals surface area (Å²) >= 11 is 0. The summed E-state index contributed by atoms with van der Waals surface area (Å²) < 4.78 is 13.5. The summed E-state index contributed by atoms with van der Waals surface area (Å²) in [6, 6.07) is 5.19. The molecule has 1 fully saturated rings. The summed E-state index contributed by atoms with van der Waals surface area (Å²) in [5.74, 6) is 0.669. The number of nitrogens with two attached hydrogens (primary N) is 1. The van der Waals surface area contributed by atoms with Gasteiger partial charge in [0.1, 0.15) is 5.82 Å². The summed E-state index contributed by atoms with van der Waals surface area (Å²) in [4.78, 5) is 2.41. The molecule has 0 saturated heterocycles. The first-order valence-electron chi connectivity index (χ1n) is 7.39. The third kappa shape index (κ3) is 4.20. The maximum atomic E-state index is 13.5. The molecule has 2 rings (SSSR count). The lowest BCUT2D eigenvalue weighted by molar-refractivity contribution is 0.620. The van der Waals surface area contributed by atoms with Gasteiger partial charge < -0.3 is 10.6 Å². The molecule has 3 heteroatoms. The zero-order valence-electron chi connectivity index (χ0n) is 12.0. The third-order valence-corrected chi connectivity index (χ3v) is 3.59. The van der Waals surface area contributed by atoms with Crippen molar-refractivity contribution < 1.29 is 4.39 Å². The van der Waals surface area contributed by atoms with E-state index in [-0.39, 0.29) is 11.9 Å². The molecule has 0 radical (unpaired) electrons. The Hall–Kier alpha value is -1.09. The van der Waals surface area contributed by atoms with E-state index < -0.39 is 0 Å². The fourth-order valence-corrected chi connectivity index (χ4v) is 2.57. The highest BCUT2D eigenvalue weighted by atomic mass is 19.1. The standard InChI is InChI=1S/C16H25FN2/c1-3-8-19(11-13-4-5-13)16-7-6-15(17)10-14(16)9-12(2)18/h6-7,10,12-13H,3-5,8-9,11,18H2,1-2H3.